The quantitative estimate of drug-likeness (QED) is 0.138. The summed E-state index contributed by atoms with van der Waals surface area (Å²) in [5.74, 6) is 2.29. The minimum atomic E-state index is -0.271. The van der Waals surface area contributed by atoms with Gasteiger partial charge in [0.1, 0.15) is 6.10 Å². The van der Waals surface area contributed by atoms with Gasteiger partial charge in [-0.05, 0) is 60.8 Å². The molecule has 1 heterocycles. The van der Waals surface area contributed by atoms with Crippen LogP contribution in [0.5, 0.6) is 11.5 Å². The van der Waals surface area contributed by atoms with Crippen molar-refractivity contribution < 1.29 is 23.7 Å². The molecule has 0 bridgehead atoms. The van der Waals surface area contributed by atoms with E-state index in [0.29, 0.717) is 31.5 Å². The normalized spacial score (nSPS) is 19.3. The standard InChI is InChI=1S/C33H47NO5/c1-22(2)27(18-25-14-15-30(37-7)32(19-25)38-17-11-16-36-6)20-29(31-21-28(23(3)4)33(35)39-31)34-24(5)26-12-9-8-10-13-26/h8-10,12-15,19,22-24,27-28,31H,11,16-18,20-21H2,1-7H3/b34-29-/t24-,27-,28-,31-/m0/s1. The van der Waals surface area contributed by atoms with E-state index in [1.807, 2.05) is 24.3 Å². The van der Waals surface area contributed by atoms with Gasteiger partial charge in [0.2, 0.25) is 0 Å². The molecule has 2 aromatic carbocycles. The average molecular weight is 538 g/mol. The largest absolute Gasteiger partial charge is 0.493 e. The highest BCUT2D eigenvalue weighted by molar-refractivity contribution is 5.93. The number of benzene rings is 2. The van der Waals surface area contributed by atoms with Gasteiger partial charge in [0, 0.05) is 26.6 Å². The smallest absolute Gasteiger partial charge is 0.310 e. The van der Waals surface area contributed by atoms with Gasteiger partial charge >= 0.3 is 5.97 Å². The highest BCUT2D eigenvalue weighted by atomic mass is 16.6. The van der Waals surface area contributed by atoms with Crippen LogP contribution in [0.15, 0.2) is 53.5 Å². The molecule has 39 heavy (non-hydrogen) atoms. The Morgan fingerprint density at radius 3 is 2.36 bits per heavy atom. The fourth-order valence-electron chi connectivity index (χ4n) is 5.13. The molecule has 0 saturated carbocycles. The first-order valence-electron chi connectivity index (χ1n) is 14.3. The number of nitrogens with zero attached hydrogens (tertiary/aromatic N) is 1. The molecule has 1 saturated heterocycles. The highest BCUT2D eigenvalue weighted by Gasteiger charge is 2.39. The number of carbonyl (C=O) groups excluding carboxylic acids is 1. The topological polar surface area (TPSA) is 66.4 Å². The zero-order valence-corrected chi connectivity index (χ0v) is 24.8. The molecule has 6 nitrogen and oxygen atoms in total. The molecule has 6 heteroatoms. The molecule has 1 aliphatic heterocycles. The first-order valence-corrected chi connectivity index (χ1v) is 14.3. The molecule has 0 aliphatic carbocycles. The third-order valence-corrected chi connectivity index (χ3v) is 7.74. The lowest BCUT2D eigenvalue weighted by Crippen LogP contribution is -2.27. The lowest BCUT2D eigenvalue weighted by molar-refractivity contribution is -0.143. The predicted molar refractivity (Wildman–Crippen MR) is 157 cm³/mol. The van der Waals surface area contributed by atoms with Crippen LogP contribution in [-0.2, 0) is 20.7 Å². The lowest BCUT2D eigenvalue weighted by atomic mass is 9.82. The van der Waals surface area contributed by atoms with Gasteiger partial charge < -0.3 is 18.9 Å². The first kappa shape index (κ1) is 30.7. The Morgan fingerprint density at radius 1 is 1.00 bits per heavy atom. The molecule has 0 N–H and O–H groups in total. The molecule has 0 amide bonds. The van der Waals surface area contributed by atoms with Crippen molar-refractivity contribution in [2.24, 2.45) is 28.7 Å². The van der Waals surface area contributed by atoms with E-state index in [2.05, 4.69) is 58.9 Å². The summed E-state index contributed by atoms with van der Waals surface area (Å²) in [6.45, 7) is 12.0. The molecule has 0 aromatic heterocycles. The minimum absolute atomic E-state index is 0.0149. The van der Waals surface area contributed by atoms with Crippen molar-refractivity contribution in [2.45, 2.75) is 72.4 Å². The molecule has 1 aliphatic rings. The van der Waals surface area contributed by atoms with E-state index < -0.39 is 0 Å². The van der Waals surface area contributed by atoms with Crippen molar-refractivity contribution in [2.75, 3.05) is 27.4 Å². The van der Waals surface area contributed by atoms with Gasteiger partial charge in [-0.2, -0.15) is 0 Å². The van der Waals surface area contributed by atoms with E-state index in [1.165, 1.54) is 5.56 Å². The number of hydrogen-bond donors (Lipinski definition) is 0. The minimum Gasteiger partial charge on any atom is -0.493 e. The summed E-state index contributed by atoms with van der Waals surface area (Å²) >= 11 is 0. The van der Waals surface area contributed by atoms with Crippen LogP contribution in [0.25, 0.3) is 0 Å². The van der Waals surface area contributed by atoms with Crippen LogP contribution in [0.1, 0.15) is 71.0 Å². The first-order chi connectivity index (χ1) is 18.7. The zero-order chi connectivity index (χ0) is 28.4. The number of esters is 1. The van der Waals surface area contributed by atoms with Gasteiger partial charge in [0.05, 0.1) is 31.4 Å². The van der Waals surface area contributed by atoms with Gasteiger partial charge in [0.15, 0.2) is 11.5 Å². The van der Waals surface area contributed by atoms with Crippen LogP contribution in [0.2, 0.25) is 0 Å². The molecule has 0 spiro atoms. The van der Waals surface area contributed by atoms with Crippen molar-refractivity contribution in [3.05, 3.63) is 59.7 Å². The number of carbonyl (C=O) groups is 1. The number of methoxy groups -OCH3 is 2. The zero-order valence-electron chi connectivity index (χ0n) is 24.8. The van der Waals surface area contributed by atoms with Gasteiger partial charge in [-0.1, -0.05) is 64.1 Å². The molecular formula is C33H47NO5. The molecule has 0 radical (unpaired) electrons. The van der Waals surface area contributed by atoms with Crippen LogP contribution in [0.3, 0.4) is 0 Å². The number of aliphatic imine (C=N–C) groups is 1. The maximum Gasteiger partial charge on any atom is 0.310 e. The fraction of sp³-hybridized carbons (Fsp3) is 0.576. The maximum absolute atomic E-state index is 12.7. The SMILES string of the molecule is COCCCOc1cc(C[C@@H](C/C(=N/[C@@H](C)c2ccccc2)[C@@H]2C[C@@H](C(C)C)C(=O)O2)C(C)C)ccc1OC. The predicted octanol–water partition coefficient (Wildman–Crippen LogP) is 7.11. The second-order valence-corrected chi connectivity index (χ2v) is 11.3. The summed E-state index contributed by atoms with van der Waals surface area (Å²) in [6.07, 6.45) is 2.88. The molecule has 2 aromatic rings. The van der Waals surface area contributed by atoms with E-state index in [1.54, 1.807) is 14.2 Å². The van der Waals surface area contributed by atoms with Crippen molar-refractivity contribution >= 4 is 11.7 Å². The van der Waals surface area contributed by atoms with Crippen LogP contribution >= 0.6 is 0 Å². The number of rotatable bonds is 15. The fourth-order valence-corrected chi connectivity index (χ4v) is 5.13. The number of hydrogen-bond acceptors (Lipinski definition) is 6. The monoisotopic (exact) mass is 537 g/mol. The highest BCUT2D eigenvalue weighted by Crippen LogP contribution is 2.34. The Morgan fingerprint density at radius 2 is 1.74 bits per heavy atom. The second-order valence-electron chi connectivity index (χ2n) is 11.3. The third kappa shape index (κ3) is 8.82. The van der Waals surface area contributed by atoms with Crippen molar-refractivity contribution in [3.63, 3.8) is 0 Å². The molecule has 214 valence electrons. The van der Waals surface area contributed by atoms with Gasteiger partial charge in [-0.15, -0.1) is 0 Å². The molecular weight excluding hydrogens is 490 g/mol. The van der Waals surface area contributed by atoms with E-state index in [0.717, 1.165) is 42.0 Å². The summed E-state index contributed by atoms with van der Waals surface area (Å²) in [5, 5.41) is 0. The molecule has 4 atom stereocenters. The number of cyclic esters (lactones) is 1. The van der Waals surface area contributed by atoms with E-state index in [4.69, 9.17) is 23.9 Å². The van der Waals surface area contributed by atoms with E-state index in [9.17, 15) is 4.79 Å². The van der Waals surface area contributed by atoms with E-state index in [-0.39, 0.29) is 30.0 Å². The van der Waals surface area contributed by atoms with Crippen LogP contribution in [-0.4, -0.2) is 45.2 Å². The summed E-state index contributed by atoms with van der Waals surface area (Å²) in [6, 6.07) is 16.5. The number of ether oxygens (including phenoxy) is 4. The Labute approximate surface area is 235 Å². The van der Waals surface area contributed by atoms with Crippen molar-refractivity contribution in [3.8, 4) is 11.5 Å². The van der Waals surface area contributed by atoms with Gasteiger partial charge in [-0.3, -0.25) is 9.79 Å². The third-order valence-electron chi connectivity index (χ3n) is 7.74. The second kappa shape index (κ2) is 15.1. The van der Waals surface area contributed by atoms with Gasteiger partial charge in [0.25, 0.3) is 0 Å². The van der Waals surface area contributed by atoms with Crippen LogP contribution in [0, 0.1) is 23.7 Å². The molecule has 3 rings (SSSR count). The Bertz CT molecular complexity index is 1070. The lowest BCUT2D eigenvalue weighted by Gasteiger charge is -2.25. The summed E-state index contributed by atoms with van der Waals surface area (Å²) in [4.78, 5) is 17.9. The maximum atomic E-state index is 12.7. The summed E-state index contributed by atoms with van der Waals surface area (Å²) in [5.41, 5.74) is 3.34. The Hall–Kier alpha value is -2.86. The van der Waals surface area contributed by atoms with E-state index >= 15 is 0 Å². The Balaban J connectivity index is 1.85. The summed E-state index contributed by atoms with van der Waals surface area (Å²) in [7, 11) is 3.36. The van der Waals surface area contributed by atoms with Crippen LogP contribution < -0.4 is 9.47 Å². The molecule has 1 fully saturated rings. The summed E-state index contributed by atoms with van der Waals surface area (Å²) < 4.78 is 22.7. The van der Waals surface area contributed by atoms with Gasteiger partial charge in [-0.25, -0.2) is 0 Å². The Kier molecular flexibility index (Phi) is 11.9. The average Bonchev–Trinajstić information content (AvgIpc) is 3.32. The van der Waals surface area contributed by atoms with Crippen LogP contribution in [0.4, 0.5) is 0 Å². The van der Waals surface area contributed by atoms with Crippen molar-refractivity contribution in [1.29, 1.82) is 0 Å². The molecule has 0 unspecified atom stereocenters. The van der Waals surface area contributed by atoms with Crippen molar-refractivity contribution in [1.82, 2.24) is 0 Å².